The number of anilines is 1. The minimum Gasteiger partial charge on any atom is -0.347 e. The van der Waals surface area contributed by atoms with Gasteiger partial charge >= 0.3 is 6.03 Å². The lowest BCUT2D eigenvalue weighted by Crippen LogP contribution is -2.44. The number of hydrogen-bond donors (Lipinski definition) is 1. The number of nitrogens with one attached hydrogen (secondary N) is 1. The Morgan fingerprint density at radius 2 is 2.13 bits per heavy atom. The van der Waals surface area contributed by atoms with Crippen molar-refractivity contribution in [2.24, 2.45) is 5.92 Å². The van der Waals surface area contributed by atoms with E-state index in [1.807, 2.05) is 11.0 Å². The van der Waals surface area contributed by atoms with Gasteiger partial charge in [0.25, 0.3) is 0 Å². The number of carbonyl (C=O) groups excluding carboxylic acids is 1. The molecule has 1 aromatic heterocycles. The number of hydrogen-bond acceptors (Lipinski definition) is 1. The van der Waals surface area contributed by atoms with E-state index in [-0.39, 0.29) is 6.03 Å². The molecule has 2 amide bonds. The quantitative estimate of drug-likeness (QED) is 0.876. The SMILES string of the molecule is CC(C)Cn1ccc2cc(NC(=O)N3CCCC[C@@H]3C)ccc21. The van der Waals surface area contributed by atoms with Crippen molar-refractivity contribution in [2.45, 2.75) is 52.6 Å². The van der Waals surface area contributed by atoms with Crippen molar-refractivity contribution in [3.05, 3.63) is 30.5 Å². The second-order valence-electron chi connectivity index (χ2n) is 7.10. The van der Waals surface area contributed by atoms with Crippen molar-refractivity contribution in [3.8, 4) is 0 Å². The van der Waals surface area contributed by atoms with Gasteiger partial charge in [0.1, 0.15) is 0 Å². The second-order valence-corrected chi connectivity index (χ2v) is 7.10. The summed E-state index contributed by atoms with van der Waals surface area (Å²) in [6, 6.07) is 8.66. The van der Waals surface area contributed by atoms with Gasteiger partial charge in [0.2, 0.25) is 0 Å². The normalized spacial score (nSPS) is 18.6. The molecule has 1 fully saturated rings. The highest BCUT2D eigenvalue weighted by atomic mass is 16.2. The third-order valence-corrected chi connectivity index (χ3v) is 4.65. The summed E-state index contributed by atoms with van der Waals surface area (Å²) in [5, 5.41) is 4.24. The van der Waals surface area contributed by atoms with Crippen LogP contribution in [0.25, 0.3) is 10.9 Å². The van der Waals surface area contributed by atoms with Gasteiger partial charge in [0, 0.05) is 41.9 Å². The fraction of sp³-hybridized carbons (Fsp3) is 0.526. The molecule has 1 atom stereocenters. The predicted molar refractivity (Wildman–Crippen MR) is 95.8 cm³/mol. The van der Waals surface area contributed by atoms with Crippen molar-refractivity contribution in [1.29, 1.82) is 0 Å². The Labute approximate surface area is 138 Å². The van der Waals surface area contributed by atoms with Crippen LogP contribution < -0.4 is 5.32 Å². The standard InChI is InChI=1S/C19H27N3O/c1-14(2)13-21-11-9-16-12-17(7-8-18(16)21)20-19(23)22-10-5-4-6-15(22)3/h7-9,11-12,14-15H,4-6,10,13H2,1-3H3,(H,20,23)/t15-/m0/s1. The van der Waals surface area contributed by atoms with E-state index in [2.05, 4.69) is 55.1 Å². The van der Waals surface area contributed by atoms with Gasteiger partial charge in [-0.15, -0.1) is 0 Å². The first-order valence-electron chi connectivity index (χ1n) is 8.71. The van der Waals surface area contributed by atoms with Crippen LogP contribution >= 0.6 is 0 Å². The minimum absolute atomic E-state index is 0.0261. The number of amides is 2. The third kappa shape index (κ3) is 3.52. The van der Waals surface area contributed by atoms with Crippen LogP contribution in [0.15, 0.2) is 30.5 Å². The van der Waals surface area contributed by atoms with Gasteiger partial charge in [-0.05, 0) is 56.4 Å². The summed E-state index contributed by atoms with van der Waals surface area (Å²) in [5.74, 6) is 0.616. The van der Waals surface area contributed by atoms with Crippen LogP contribution in [-0.2, 0) is 6.54 Å². The van der Waals surface area contributed by atoms with Crippen LogP contribution in [0.5, 0.6) is 0 Å². The molecule has 23 heavy (non-hydrogen) atoms. The predicted octanol–water partition coefficient (Wildman–Crippen LogP) is 4.70. The molecular weight excluding hydrogens is 286 g/mol. The summed E-state index contributed by atoms with van der Waals surface area (Å²) in [6.07, 6.45) is 5.56. The third-order valence-electron chi connectivity index (χ3n) is 4.65. The number of urea groups is 1. The fourth-order valence-electron chi connectivity index (χ4n) is 3.43. The Morgan fingerprint density at radius 1 is 1.30 bits per heavy atom. The number of aromatic nitrogens is 1. The average Bonchev–Trinajstić information content (AvgIpc) is 2.89. The lowest BCUT2D eigenvalue weighted by molar-refractivity contribution is 0.170. The van der Waals surface area contributed by atoms with Gasteiger partial charge in [-0.1, -0.05) is 13.8 Å². The Bertz CT molecular complexity index is 689. The van der Waals surface area contributed by atoms with E-state index < -0.39 is 0 Å². The van der Waals surface area contributed by atoms with Gasteiger partial charge in [-0.3, -0.25) is 0 Å². The summed E-state index contributed by atoms with van der Waals surface area (Å²) in [5.41, 5.74) is 2.10. The number of benzene rings is 1. The molecule has 4 nitrogen and oxygen atoms in total. The van der Waals surface area contributed by atoms with E-state index in [0.29, 0.717) is 12.0 Å². The summed E-state index contributed by atoms with van der Waals surface area (Å²) in [4.78, 5) is 14.4. The smallest absolute Gasteiger partial charge is 0.322 e. The molecule has 0 radical (unpaired) electrons. The molecule has 0 bridgehead atoms. The Kier molecular flexibility index (Phi) is 4.60. The Morgan fingerprint density at radius 3 is 2.87 bits per heavy atom. The number of piperidine rings is 1. The first-order chi connectivity index (χ1) is 11.0. The molecule has 1 N–H and O–H groups in total. The molecule has 0 unspecified atom stereocenters. The summed E-state index contributed by atoms with van der Waals surface area (Å²) >= 11 is 0. The van der Waals surface area contributed by atoms with Crippen LogP contribution in [0.3, 0.4) is 0 Å². The van der Waals surface area contributed by atoms with Gasteiger partial charge in [0.05, 0.1) is 0 Å². The molecule has 1 aliphatic rings. The van der Waals surface area contributed by atoms with E-state index in [1.165, 1.54) is 17.3 Å². The molecule has 2 aromatic rings. The van der Waals surface area contributed by atoms with Crippen LogP contribution in [0, 0.1) is 5.92 Å². The van der Waals surface area contributed by atoms with Gasteiger partial charge in [-0.2, -0.15) is 0 Å². The maximum absolute atomic E-state index is 12.5. The lowest BCUT2D eigenvalue weighted by Gasteiger charge is -2.33. The molecule has 124 valence electrons. The van der Waals surface area contributed by atoms with E-state index >= 15 is 0 Å². The van der Waals surface area contributed by atoms with E-state index in [0.717, 1.165) is 31.6 Å². The van der Waals surface area contributed by atoms with Crippen LogP contribution in [0.2, 0.25) is 0 Å². The zero-order chi connectivity index (χ0) is 16.4. The first kappa shape index (κ1) is 15.9. The molecule has 2 heterocycles. The molecule has 1 saturated heterocycles. The fourth-order valence-corrected chi connectivity index (χ4v) is 3.43. The van der Waals surface area contributed by atoms with Crippen molar-refractivity contribution in [3.63, 3.8) is 0 Å². The highest BCUT2D eigenvalue weighted by Crippen LogP contribution is 2.23. The largest absolute Gasteiger partial charge is 0.347 e. The molecule has 1 aromatic carbocycles. The Hall–Kier alpha value is -1.97. The summed E-state index contributed by atoms with van der Waals surface area (Å²) in [6.45, 7) is 8.45. The molecule has 1 aliphatic heterocycles. The van der Waals surface area contributed by atoms with Crippen molar-refractivity contribution < 1.29 is 4.79 Å². The zero-order valence-corrected chi connectivity index (χ0v) is 14.4. The molecule has 0 saturated carbocycles. The van der Waals surface area contributed by atoms with Crippen molar-refractivity contribution >= 4 is 22.6 Å². The molecular formula is C19H27N3O. The number of likely N-dealkylation sites (tertiary alicyclic amines) is 1. The van der Waals surface area contributed by atoms with Crippen LogP contribution in [-0.4, -0.2) is 28.1 Å². The number of nitrogens with zero attached hydrogens (tertiary/aromatic N) is 2. The highest BCUT2D eigenvalue weighted by molar-refractivity contribution is 5.93. The lowest BCUT2D eigenvalue weighted by atomic mass is 10.0. The number of carbonyl (C=O) groups is 1. The van der Waals surface area contributed by atoms with E-state index in [4.69, 9.17) is 0 Å². The number of rotatable bonds is 3. The monoisotopic (exact) mass is 313 g/mol. The van der Waals surface area contributed by atoms with Crippen molar-refractivity contribution in [2.75, 3.05) is 11.9 Å². The second kappa shape index (κ2) is 6.65. The van der Waals surface area contributed by atoms with E-state index in [9.17, 15) is 4.79 Å². The summed E-state index contributed by atoms with van der Waals surface area (Å²) < 4.78 is 2.28. The highest BCUT2D eigenvalue weighted by Gasteiger charge is 2.23. The molecule has 4 heteroatoms. The molecule has 0 spiro atoms. The average molecular weight is 313 g/mol. The number of fused-ring (bicyclic) bond motifs is 1. The molecule has 3 rings (SSSR count). The van der Waals surface area contributed by atoms with Gasteiger partial charge in [-0.25, -0.2) is 4.79 Å². The minimum atomic E-state index is 0.0261. The maximum atomic E-state index is 12.5. The van der Waals surface area contributed by atoms with Gasteiger partial charge < -0.3 is 14.8 Å². The van der Waals surface area contributed by atoms with Crippen LogP contribution in [0.1, 0.15) is 40.0 Å². The van der Waals surface area contributed by atoms with E-state index in [1.54, 1.807) is 0 Å². The first-order valence-corrected chi connectivity index (χ1v) is 8.71. The van der Waals surface area contributed by atoms with Crippen molar-refractivity contribution in [1.82, 2.24) is 9.47 Å². The maximum Gasteiger partial charge on any atom is 0.322 e. The topological polar surface area (TPSA) is 37.3 Å². The summed E-state index contributed by atoms with van der Waals surface area (Å²) in [7, 11) is 0. The Balaban J connectivity index is 1.74. The zero-order valence-electron chi connectivity index (χ0n) is 14.4. The molecule has 0 aliphatic carbocycles. The van der Waals surface area contributed by atoms with Gasteiger partial charge in [0.15, 0.2) is 0 Å². The van der Waals surface area contributed by atoms with Crippen LogP contribution in [0.4, 0.5) is 10.5 Å².